The first-order chi connectivity index (χ1) is 11.2. The largest absolute Gasteiger partial charge is 0.354 e. The van der Waals surface area contributed by atoms with E-state index in [0.717, 1.165) is 10.4 Å². The molecule has 1 aliphatic rings. The molecular weight excluding hydrogens is 344 g/mol. The molecule has 1 N–H and O–H groups in total. The lowest BCUT2D eigenvalue weighted by Gasteiger charge is -2.31. The second-order valence-corrected chi connectivity index (χ2v) is 7.41. The van der Waals surface area contributed by atoms with Crippen LogP contribution in [0.25, 0.3) is 0 Å². The lowest BCUT2D eigenvalue weighted by atomic mass is 9.98. The summed E-state index contributed by atoms with van der Waals surface area (Å²) >= 11 is 0. The molecule has 1 saturated heterocycles. The molecule has 2 amide bonds. The summed E-state index contributed by atoms with van der Waals surface area (Å²) in [5.41, 5.74) is 0. The molecule has 0 bridgehead atoms. The minimum Gasteiger partial charge on any atom is -0.354 e. The van der Waals surface area contributed by atoms with Gasteiger partial charge in [-0.25, -0.2) is 8.42 Å². The highest BCUT2D eigenvalue weighted by Gasteiger charge is 2.34. The highest BCUT2D eigenvalue weighted by atomic mass is 32.2. The second kappa shape index (κ2) is 9.07. The summed E-state index contributed by atoms with van der Waals surface area (Å²) in [4.78, 5) is 24.7. The van der Waals surface area contributed by atoms with Gasteiger partial charge < -0.3 is 10.2 Å². The molecule has 1 fully saturated rings. The molecule has 1 rings (SSSR count). The number of hydrogen-bond donors (Lipinski definition) is 1. The van der Waals surface area contributed by atoms with E-state index in [-0.39, 0.29) is 37.4 Å². The first-order valence-corrected chi connectivity index (χ1v) is 9.17. The van der Waals surface area contributed by atoms with E-state index in [4.69, 9.17) is 0 Å². The molecule has 0 aromatic heterocycles. The number of alkyl halides is 2. The lowest BCUT2D eigenvalue weighted by Crippen LogP contribution is -2.45. The zero-order valence-corrected chi connectivity index (χ0v) is 14.4. The third-order valence-corrected chi connectivity index (χ3v) is 5.48. The summed E-state index contributed by atoms with van der Waals surface area (Å²) in [6.45, 7) is 5.76. The molecule has 0 aliphatic carbocycles. The highest BCUT2D eigenvalue weighted by Crippen LogP contribution is 2.22. The monoisotopic (exact) mass is 367 g/mol. The Morgan fingerprint density at radius 1 is 1.38 bits per heavy atom. The van der Waals surface area contributed by atoms with Crippen molar-refractivity contribution >= 4 is 21.8 Å². The molecule has 0 unspecified atom stereocenters. The number of amides is 2. The second-order valence-electron chi connectivity index (χ2n) is 5.51. The van der Waals surface area contributed by atoms with E-state index in [9.17, 15) is 26.8 Å². The van der Waals surface area contributed by atoms with Gasteiger partial charge in [0.05, 0.1) is 6.54 Å². The van der Waals surface area contributed by atoms with Crippen molar-refractivity contribution in [3.63, 3.8) is 0 Å². The van der Waals surface area contributed by atoms with Crippen molar-refractivity contribution in [2.75, 3.05) is 32.7 Å². The van der Waals surface area contributed by atoms with Crippen LogP contribution in [0.4, 0.5) is 8.78 Å². The molecule has 1 aliphatic heterocycles. The number of likely N-dealkylation sites (N-methyl/N-ethyl adjacent to an activating group) is 1. The Morgan fingerprint density at radius 2 is 1.96 bits per heavy atom. The van der Waals surface area contributed by atoms with E-state index in [0.29, 0.717) is 25.9 Å². The SMILES string of the molecule is C=CC(=O)N(CC)CC(=O)NCC1CCN(S(=O)(=O)C(F)F)CC1. The van der Waals surface area contributed by atoms with Crippen LogP contribution in [0.5, 0.6) is 0 Å². The summed E-state index contributed by atoms with van der Waals surface area (Å²) < 4.78 is 48.5. The van der Waals surface area contributed by atoms with Crippen molar-refractivity contribution in [1.29, 1.82) is 0 Å². The number of carbonyl (C=O) groups excluding carboxylic acids is 2. The van der Waals surface area contributed by atoms with Gasteiger partial charge in [0.2, 0.25) is 11.8 Å². The number of sulfonamides is 1. The highest BCUT2D eigenvalue weighted by molar-refractivity contribution is 7.89. The van der Waals surface area contributed by atoms with Crippen molar-refractivity contribution in [2.24, 2.45) is 5.92 Å². The number of nitrogens with zero attached hydrogens (tertiary/aromatic N) is 2. The molecule has 0 atom stereocenters. The van der Waals surface area contributed by atoms with Crippen LogP contribution in [0.15, 0.2) is 12.7 Å². The molecule has 0 radical (unpaired) electrons. The number of hydrogen-bond acceptors (Lipinski definition) is 4. The summed E-state index contributed by atoms with van der Waals surface area (Å²) in [6.07, 6.45) is 1.93. The Hall–Kier alpha value is -1.55. The molecule has 0 aromatic carbocycles. The Labute approximate surface area is 140 Å². The topological polar surface area (TPSA) is 86.8 Å². The van der Waals surface area contributed by atoms with Crippen LogP contribution in [0.1, 0.15) is 19.8 Å². The van der Waals surface area contributed by atoms with E-state index < -0.39 is 15.8 Å². The van der Waals surface area contributed by atoms with Crippen LogP contribution in [0.3, 0.4) is 0 Å². The predicted octanol–water partition coefficient (Wildman–Crippen LogP) is 0.401. The summed E-state index contributed by atoms with van der Waals surface area (Å²) in [6, 6.07) is 0. The van der Waals surface area contributed by atoms with Crippen molar-refractivity contribution in [3.8, 4) is 0 Å². The Balaban J connectivity index is 2.39. The van der Waals surface area contributed by atoms with E-state index in [1.54, 1.807) is 6.92 Å². The first kappa shape index (κ1) is 20.5. The molecule has 0 spiro atoms. The third kappa shape index (κ3) is 5.52. The molecule has 7 nitrogen and oxygen atoms in total. The molecule has 24 heavy (non-hydrogen) atoms. The minimum absolute atomic E-state index is 0.0169. The fourth-order valence-corrected chi connectivity index (χ4v) is 3.39. The maximum atomic E-state index is 12.5. The molecule has 10 heteroatoms. The quantitative estimate of drug-likeness (QED) is 0.629. The van der Waals surface area contributed by atoms with E-state index in [1.807, 2.05) is 0 Å². The summed E-state index contributed by atoms with van der Waals surface area (Å²) in [7, 11) is -4.53. The fourth-order valence-electron chi connectivity index (χ4n) is 2.44. The average Bonchev–Trinajstić information content (AvgIpc) is 2.57. The predicted molar refractivity (Wildman–Crippen MR) is 84.7 cm³/mol. The Bertz CT molecular complexity index is 560. The summed E-state index contributed by atoms with van der Waals surface area (Å²) in [5.74, 6) is -4.05. The number of rotatable bonds is 8. The van der Waals surface area contributed by atoms with E-state index in [2.05, 4.69) is 11.9 Å². The van der Waals surface area contributed by atoms with Crippen molar-refractivity contribution in [3.05, 3.63) is 12.7 Å². The van der Waals surface area contributed by atoms with Gasteiger partial charge in [0.1, 0.15) is 0 Å². The van der Waals surface area contributed by atoms with Crippen LogP contribution in [-0.2, 0) is 19.6 Å². The summed E-state index contributed by atoms with van der Waals surface area (Å²) in [5, 5.41) is 2.69. The van der Waals surface area contributed by atoms with Gasteiger partial charge >= 0.3 is 5.76 Å². The third-order valence-electron chi connectivity index (χ3n) is 3.95. The van der Waals surface area contributed by atoms with Crippen LogP contribution in [0, 0.1) is 5.92 Å². The van der Waals surface area contributed by atoms with Gasteiger partial charge in [-0.2, -0.15) is 13.1 Å². The average molecular weight is 367 g/mol. The number of piperidine rings is 1. The Morgan fingerprint density at radius 3 is 2.42 bits per heavy atom. The maximum absolute atomic E-state index is 12.5. The molecule has 0 aromatic rings. The number of nitrogens with one attached hydrogen (secondary N) is 1. The zero-order chi connectivity index (χ0) is 18.3. The zero-order valence-electron chi connectivity index (χ0n) is 13.6. The number of halogens is 2. The molecular formula is C14H23F2N3O4S. The number of carbonyl (C=O) groups is 2. The minimum atomic E-state index is -4.53. The normalized spacial score (nSPS) is 16.8. The lowest BCUT2D eigenvalue weighted by molar-refractivity contribution is -0.132. The van der Waals surface area contributed by atoms with Crippen molar-refractivity contribution < 1.29 is 26.8 Å². The van der Waals surface area contributed by atoms with Crippen molar-refractivity contribution in [1.82, 2.24) is 14.5 Å². The van der Waals surface area contributed by atoms with Gasteiger partial charge in [0.15, 0.2) is 0 Å². The van der Waals surface area contributed by atoms with E-state index in [1.165, 1.54) is 4.90 Å². The first-order valence-electron chi connectivity index (χ1n) is 7.67. The van der Waals surface area contributed by atoms with Crippen LogP contribution in [0.2, 0.25) is 0 Å². The van der Waals surface area contributed by atoms with Gasteiger partial charge in [-0.1, -0.05) is 6.58 Å². The van der Waals surface area contributed by atoms with Crippen LogP contribution >= 0.6 is 0 Å². The van der Waals surface area contributed by atoms with Gasteiger partial charge in [0.25, 0.3) is 10.0 Å². The van der Waals surface area contributed by atoms with Crippen LogP contribution in [-0.4, -0.2) is 67.9 Å². The smallest absolute Gasteiger partial charge is 0.350 e. The van der Waals surface area contributed by atoms with Gasteiger partial charge in [-0.05, 0) is 31.8 Å². The molecule has 138 valence electrons. The van der Waals surface area contributed by atoms with Crippen molar-refractivity contribution in [2.45, 2.75) is 25.5 Å². The fraction of sp³-hybridized carbons (Fsp3) is 0.714. The molecule has 1 heterocycles. The van der Waals surface area contributed by atoms with Gasteiger partial charge in [0, 0.05) is 26.2 Å². The Kier molecular flexibility index (Phi) is 7.74. The van der Waals surface area contributed by atoms with E-state index >= 15 is 0 Å². The van der Waals surface area contributed by atoms with Crippen LogP contribution < -0.4 is 5.32 Å². The van der Waals surface area contributed by atoms with Gasteiger partial charge in [-0.15, -0.1) is 0 Å². The van der Waals surface area contributed by atoms with Gasteiger partial charge in [-0.3, -0.25) is 9.59 Å². The maximum Gasteiger partial charge on any atom is 0.350 e. The molecule has 0 saturated carbocycles. The standard InChI is InChI=1S/C14H23F2N3O4S/c1-3-13(21)18(4-2)10-12(20)17-9-11-5-7-19(8-6-11)24(22,23)14(15)16/h3,11,14H,1,4-10H2,2H3,(H,17,20).